The molecule has 1 N–H and O–H groups in total. The van der Waals surface area contributed by atoms with Gasteiger partial charge in [0.25, 0.3) is 0 Å². The van der Waals surface area contributed by atoms with Crippen LogP contribution in [0.25, 0.3) is 0 Å². The number of rotatable bonds is 7. The van der Waals surface area contributed by atoms with Crippen molar-refractivity contribution >= 4 is 11.6 Å². The van der Waals surface area contributed by atoms with E-state index in [-0.39, 0.29) is 0 Å². The van der Waals surface area contributed by atoms with E-state index in [2.05, 4.69) is 6.92 Å². The van der Waals surface area contributed by atoms with Gasteiger partial charge in [-0.1, -0.05) is 37.8 Å². The Bertz CT molecular complexity index is 337. The van der Waals surface area contributed by atoms with Crippen LogP contribution < -0.4 is 4.74 Å². The zero-order valence-electron chi connectivity index (χ0n) is 10.6. The summed E-state index contributed by atoms with van der Waals surface area (Å²) >= 11 is 5.90. The van der Waals surface area contributed by atoms with Crippen LogP contribution in [-0.2, 0) is 0 Å². The SMILES string of the molecule is CCCCCCOc1ccc(Cl)cc1[C@@H](C)O. The average molecular weight is 257 g/mol. The number of unbranched alkanes of at least 4 members (excludes halogenated alkanes) is 3. The van der Waals surface area contributed by atoms with Crippen LogP contribution in [-0.4, -0.2) is 11.7 Å². The molecule has 1 rings (SSSR count). The molecular weight excluding hydrogens is 236 g/mol. The van der Waals surface area contributed by atoms with Crippen LogP contribution in [0.5, 0.6) is 5.75 Å². The highest BCUT2D eigenvalue weighted by molar-refractivity contribution is 6.30. The van der Waals surface area contributed by atoms with E-state index >= 15 is 0 Å². The molecule has 0 saturated carbocycles. The van der Waals surface area contributed by atoms with E-state index < -0.39 is 6.10 Å². The Morgan fingerprint density at radius 3 is 2.71 bits per heavy atom. The maximum Gasteiger partial charge on any atom is 0.125 e. The summed E-state index contributed by atoms with van der Waals surface area (Å²) in [6.07, 6.45) is 4.15. The highest BCUT2D eigenvalue weighted by Crippen LogP contribution is 2.28. The van der Waals surface area contributed by atoms with E-state index in [1.807, 2.05) is 6.07 Å². The lowest BCUT2D eigenvalue weighted by Gasteiger charge is -2.13. The molecule has 3 heteroatoms. The Balaban J connectivity index is 2.52. The van der Waals surface area contributed by atoms with Gasteiger partial charge in [-0.15, -0.1) is 0 Å². The number of hydrogen-bond acceptors (Lipinski definition) is 2. The third-order valence-corrected chi connectivity index (χ3v) is 2.91. The van der Waals surface area contributed by atoms with Gasteiger partial charge in [-0.25, -0.2) is 0 Å². The number of ether oxygens (including phenoxy) is 1. The van der Waals surface area contributed by atoms with Crippen molar-refractivity contribution in [2.45, 2.75) is 45.6 Å². The van der Waals surface area contributed by atoms with Crippen LogP contribution >= 0.6 is 11.6 Å². The Kier molecular flexibility index (Phi) is 6.38. The smallest absolute Gasteiger partial charge is 0.125 e. The second-order valence-electron chi connectivity index (χ2n) is 4.27. The monoisotopic (exact) mass is 256 g/mol. The van der Waals surface area contributed by atoms with E-state index in [0.29, 0.717) is 11.6 Å². The van der Waals surface area contributed by atoms with Crippen molar-refractivity contribution in [2.75, 3.05) is 6.61 Å². The maximum atomic E-state index is 9.63. The average Bonchev–Trinajstić information content (AvgIpc) is 2.30. The summed E-state index contributed by atoms with van der Waals surface area (Å²) in [5, 5.41) is 10.3. The number of halogens is 1. The summed E-state index contributed by atoms with van der Waals surface area (Å²) in [6.45, 7) is 4.60. The van der Waals surface area contributed by atoms with E-state index in [0.717, 1.165) is 17.7 Å². The molecule has 0 fully saturated rings. The van der Waals surface area contributed by atoms with Gasteiger partial charge in [0.2, 0.25) is 0 Å². The molecule has 0 amide bonds. The van der Waals surface area contributed by atoms with Gasteiger partial charge in [-0.2, -0.15) is 0 Å². The van der Waals surface area contributed by atoms with Crippen molar-refractivity contribution in [3.63, 3.8) is 0 Å². The Morgan fingerprint density at radius 2 is 2.06 bits per heavy atom. The summed E-state index contributed by atoms with van der Waals surface area (Å²) < 4.78 is 5.68. The molecule has 0 radical (unpaired) electrons. The van der Waals surface area contributed by atoms with E-state index in [9.17, 15) is 5.11 Å². The van der Waals surface area contributed by atoms with Crippen molar-refractivity contribution in [3.05, 3.63) is 28.8 Å². The van der Waals surface area contributed by atoms with Crippen LogP contribution in [0, 0.1) is 0 Å². The summed E-state index contributed by atoms with van der Waals surface area (Å²) in [6, 6.07) is 5.37. The minimum atomic E-state index is -0.556. The third-order valence-electron chi connectivity index (χ3n) is 2.68. The minimum Gasteiger partial charge on any atom is -0.493 e. The second-order valence-corrected chi connectivity index (χ2v) is 4.70. The first kappa shape index (κ1) is 14.3. The molecule has 1 aromatic rings. The molecule has 0 aliphatic heterocycles. The maximum absolute atomic E-state index is 9.63. The largest absolute Gasteiger partial charge is 0.493 e. The fourth-order valence-electron chi connectivity index (χ4n) is 1.69. The van der Waals surface area contributed by atoms with Crippen LogP contribution in [0.2, 0.25) is 5.02 Å². The Hall–Kier alpha value is -0.730. The van der Waals surface area contributed by atoms with Gasteiger partial charge in [0.1, 0.15) is 5.75 Å². The zero-order chi connectivity index (χ0) is 12.7. The quantitative estimate of drug-likeness (QED) is 0.735. The molecule has 2 nitrogen and oxygen atoms in total. The van der Waals surface area contributed by atoms with Gasteiger partial charge in [0.15, 0.2) is 0 Å². The fraction of sp³-hybridized carbons (Fsp3) is 0.571. The van der Waals surface area contributed by atoms with Crippen LogP contribution in [0.1, 0.15) is 51.2 Å². The topological polar surface area (TPSA) is 29.5 Å². The zero-order valence-corrected chi connectivity index (χ0v) is 11.3. The molecule has 96 valence electrons. The molecule has 17 heavy (non-hydrogen) atoms. The van der Waals surface area contributed by atoms with Crippen LogP contribution in [0.3, 0.4) is 0 Å². The number of hydrogen-bond donors (Lipinski definition) is 1. The van der Waals surface area contributed by atoms with E-state index in [1.165, 1.54) is 19.3 Å². The summed E-state index contributed by atoms with van der Waals surface area (Å²) in [5.41, 5.74) is 0.757. The van der Waals surface area contributed by atoms with Crippen LogP contribution in [0.15, 0.2) is 18.2 Å². The predicted octanol–water partition coefficient (Wildman–Crippen LogP) is 4.35. The predicted molar refractivity (Wildman–Crippen MR) is 71.7 cm³/mol. The van der Waals surface area contributed by atoms with Gasteiger partial charge in [-0.3, -0.25) is 0 Å². The highest BCUT2D eigenvalue weighted by atomic mass is 35.5. The van der Waals surface area contributed by atoms with Crippen molar-refractivity contribution in [1.29, 1.82) is 0 Å². The second kappa shape index (κ2) is 7.57. The first-order valence-corrected chi connectivity index (χ1v) is 6.63. The standard InChI is InChI=1S/C14H21ClO2/c1-3-4-5-6-9-17-14-8-7-12(15)10-13(14)11(2)16/h7-8,10-11,16H,3-6,9H2,1-2H3/t11-/m1/s1. The van der Waals surface area contributed by atoms with Crippen molar-refractivity contribution in [2.24, 2.45) is 0 Å². The number of benzene rings is 1. The molecule has 0 aliphatic rings. The molecule has 0 aromatic heterocycles. The highest BCUT2D eigenvalue weighted by Gasteiger charge is 2.09. The van der Waals surface area contributed by atoms with Gasteiger partial charge >= 0.3 is 0 Å². The summed E-state index contributed by atoms with van der Waals surface area (Å²) in [7, 11) is 0. The molecule has 0 bridgehead atoms. The van der Waals surface area contributed by atoms with Gasteiger partial charge in [-0.05, 0) is 31.5 Å². The van der Waals surface area contributed by atoms with Crippen molar-refractivity contribution in [1.82, 2.24) is 0 Å². The lowest BCUT2D eigenvalue weighted by molar-refractivity contribution is 0.190. The molecule has 0 spiro atoms. The lowest BCUT2D eigenvalue weighted by atomic mass is 10.1. The van der Waals surface area contributed by atoms with Crippen molar-refractivity contribution < 1.29 is 9.84 Å². The number of aliphatic hydroxyl groups excluding tert-OH is 1. The van der Waals surface area contributed by atoms with Gasteiger partial charge in [0.05, 0.1) is 12.7 Å². The number of aliphatic hydroxyl groups is 1. The van der Waals surface area contributed by atoms with Crippen LogP contribution in [0.4, 0.5) is 0 Å². The minimum absolute atomic E-state index is 0.556. The lowest BCUT2D eigenvalue weighted by Crippen LogP contribution is -2.02. The third kappa shape index (κ3) is 4.97. The molecular formula is C14H21ClO2. The Morgan fingerprint density at radius 1 is 1.29 bits per heavy atom. The van der Waals surface area contributed by atoms with Gasteiger partial charge < -0.3 is 9.84 Å². The van der Waals surface area contributed by atoms with E-state index in [1.54, 1.807) is 19.1 Å². The molecule has 0 saturated heterocycles. The Labute approximate surface area is 109 Å². The summed E-state index contributed by atoms with van der Waals surface area (Å²) in [4.78, 5) is 0. The molecule has 1 aromatic carbocycles. The summed E-state index contributed by atoms with van der Waals surface area (Å²) in [5.74, 6) is 0.737. The first-order chi connectivity index (χ1) is 8.15. The van der Waals surface area contributed by atoms with Gasteiger partial charge in [0, 0.05) is 10.6 Å². The normalized spacial score (nSPS) is 12.5. The van der Waals surface area contributed by atoms with E-state index in [4.69, 9.17) is 16.3 Å². The first-order valence-electron chi connectivity index (χ1n) is 6.25. The molecule has 1 atom stereocenters. The fourth-order valence-corrected chi connectivity index (χ4v) is 1.87. The molecule has 0 aliphatic carbocycles. The molecule has 0 unspecified atom stereocenters. The molecule has 0 heterocycles. The van der Waals surface area contributed by atoms with Crippen molar-refractivity contribution in [3.8, 4) is 5.75 Å².